The lowest BCUT2D eigenvalue weighted by Crippen LogP contribution is -2.30. The molecular formula is C22H25N3O5. The molecule has 2 aromatic rings. The van der Waals surface area contributed by atoms with Crippen molar-refractivity contribution in [2.24, 2.45) is 0 Å². The Balaban J connectivity index is 1.61. The highest BCUT2D eigenvalue weighted by atomic mass is 16.6. The quantitative estimate of drug-likeness (QED) is 0.586. The molecule has 30 heavy (non-hydrogen) atoms. The number of nitro groups is 1. The number of anilines is 1. The standard InChI is InChI=1S/C22H25N3O5/c1-2-23-17-8-6-16(13-19(17)25(27)28)22(26)24-10-3-5-18(24)15-7-9-20-21(14-15)30-12-4-11-29-20/h6-9,13-14,18,23H,2-5,10-12H2,1H3/t18-/m0/s1. The summed E-state index contributed by atoms with van der Waals surface area (Å²) < 4.78 is 11.5. The van der Waals surface area contributed by atoms with Crippen molar-refractivity contribution in [2.75, 3.05) is 31.6 Å². The van der Waals surface area contributed by atoms with Gasteiger partial charge >= 0.3 is 0 Å². The zero-order chi connectivity index (χ0) is 21.1. The molecule has 8 nitrogen and oxygen atoms in total. The van der Waals surface area contributed by atoms with Crippen LogP contribution in [0.3, 0.4) is 0 Å². The Hall–Kier alpha value is -3.29. The third-order valence-electron chi connectivity index (χ3n) is 5.48. The molecule has 0 aromatic heterocycles. The minimum Gasteiger partial charge on any atom is -0.490 e. The van der Waals surface area contributed by atoms with Crippen LogP contribution in [0.4, 0.5) is 11.4 Å². The van der Waals surface area contributed by atoms with Crippen LogP contribution in [-0.2, 0) is 0 Å². The molecule has 2 heterocycles. The lowest BCUT2D eigenvalue weighted by Gasteiger charge is -2.26. The monoisotopic (exact) mass is 411 g/mol. The molecule has 1 fully saturated rings. The van der Waals surface area contributed by atoms with E-state index in [9.17, 15) is 14.9 Å². The molecule has 0 unspecified atom stereocenters. The zero-order valence-electron chi connectivity index (χ0n) is 16.9. The predicted octanol–water partition coefficient (Wildman–Crippen LogP) is 4.17. The van der Waals surface area contributed by atoms with Crippen molar-refractivity contribution >= 4 is 17.3 Å². The van der Waals surface area contributed by atoms with Crippen molar-refractivity contribution in [1.29, 1.82) is 0 Å². The minimum atomic E-state index is -0.458. The van der Waals surface area contributed by atoms with Gasteiger partial charge in [0.2, 0.25) is 0 Å². The lowest BCUT2D eigenvalue weighted by atomic mass is 10.0. The van der Waals surface area contributed by atoms with E-state index < -0.39 is 4.92 Å². The maximum Gasteiger partial charge on any atom is 0.293 e. The normalized spacial score (nSPS) is 18.0. The Morgan fingerprint density at radius 3 is 2.73 bits per heavy atom. The summed E-state index contributed by atoms with van der Waals surface area (Å²) in [6.07, 6.45) is 2.55. The Morgan fingerprint density at radius 2 is 1.97 bits per heavy atom. The maximum absolute atomic E-state index is 13.2. The van der Waals surface area contributed by atoms with E-state index in [-0.39, 0.29) is 17.6 Å². The molecule has 8 heteroatoms. The van der Waals surface area contributed by atoms with Gasteiger partial charge in [-0.1, -0.05) is 6.07 Å². The van der Waals surface area contributed by atoms with Crippen molar-refractivity contribution in [3.8, 4) is 11.5 Å². The van der Waals surface area contributed by atoms with Gasteiger partial charge in [0.15, 0.2) is 11.5 Å². The molecule has 1 N–H and O–H groups in total. The van der Waals surface area contributed by atoms with Gasteiger partial charge < -0.3 is 19.7 Å². The molecule has 2 aliphatic heterocycles. The second-order valence-electron chi connectivity index (χ2n) is 7.43. The number of nitrogens with zero attached hydrogens (tertiary/aromatic N) is 2. The topological polar surface area (TPSA) is 93.9 Å². The van der Waals surface area contributed by atoms with E-state index in [1.54, 1.807) is 17.0 Å². The van der Waals surface area contributed by atoms with Gasteiger partial charge in [0.1, 0.15) is 5.69 Å². The number of fused-ring (bicyclic) bond motifs is 1. The first-order valence-corrected chi connectivity index (χ1v) is 10.3. The van der Waals surface area contributed by atoms with Crippen LogP contribution in [0.25, 0.3) is 0 Å². The highest BCUT2D eigenvalue weighted by Gasteiger charge is 2.32. The molecule has 1 saturated heterocycles. The molecule has 2 aromatic carbocycles. The summed E-state index contributed by atoms with van der Waals surface area (Å²) in [5.74, 6) is 1.23. The third-order valence-corrected chi connectivity index (χ3v) is 5.48. The number of likely N-dealkylation sites (tertiary alicyclic amines) is 1. The third kappa shape index (κ3) is 3.90. The Morgan fingerprint density at radius 1 is 1.17 bits per heavy atom. The van der Waals surface area contributed by atoms with Gasteiger partial charge in [-0.2, -0.15) is 0 Å². The summed E-state index contributed by atoms with van der Waals surface area (Å²) in [6, 6.07) is 10.3. The first-order valence-electron chi connectivity index (χ1n) is 10.3. The molecule has 1 amide bonds. The fraction of sp³-hybridized carbons (Fsp3) is 0.409. The summed E-state index contributed by atoms with van der Waals surface area (Å²) >= 11 is 0. The average Bonchev–Trinajstić information content (AvgIpc) is 3.12. The van der Waals surface area contributed by atoms with Crippen LogP contribution >= 0.6 is 0 Å². The van der Waals surface area contributed by atoms with E-state index in [0.29, 0.717) is 43.3 Å². The molecule has 1 atom stereocenters. The second kappa shape index (κ2) is 8.61. The molecule has 158 valence electrons. The molecule has 0 saturated carbocycles. The van der Waals surface area contributed by atoms with Crippen LogP contribution in [0, 0.1) is 10.1 Å². The molecule has 0 aliphatic carbocycles. The number of carbonyl (C=O) groups is 1. The summed E-state index contributed by atoms with van der Waals surface area (Å²) in [5.41, 5.74) is 1.64. The van der Waals surface area contributed by atoms with Crippen molar-refractivity contribution in [3.05, 3.63) is 57.6 Å². The molecule has 4 rings (SSSR count). The van der Waals surface area contributed by atoms with Gasteiger partial charge in [0, 0.05) is 31.1 Å². The largest absolute Gasteiger partial charge is 0.490 e. The van der Waals surface area contributed by atoms with Crippen LogP contribution in [0.5, 0.6) is 11.5 Å². The molecule has 0 bridgehead atoms. The fourth-order valence-electron chi connectivity index (χ4n) is 4.06. The van der Waals surface area contributed by atoms with Crippen molar-refractivity contribution < 1.29 is 19.2 Å². The number of rotatable bonds is 5. The molecule has 0 radical (unpaired) electrons. The van der Waals surface area contributed by atoms with Crippen LogP contribution < -0.4 is 14.8 Å². The highest BCUT2D eigenvalue weighted by Crippen LogP contribution is 2.39. The fourth-order valence-corrected chi connectivity index (χ4v) is 4.06. The number of benzene rings is 2. The van der Waals surface area contributed by atoms with Crippen LogP contribution in [-0.4, -0.2) is 42.0 Å². The second-order valence-corrected chi connectivity index (χ2v) is 7.43. The van der Waals surface area contributed by atoms with Gasteiger partial charge in [-0.05, 0) is 49.6 Å². The maximum atomic E-state index is 13.2. The number of carbonyl (C=O) groups excluding carboxylic acids is 1. The van der Waals surface area contributed by atoms with E-state index in [1.807, 2.05) is 25.1 Å². The number of amides is 1. The smallest absolute Gasteiger partial charge is 0.293 e. The first-order chi connectivity index (χ1) is 14.6. The van der Waals surface area contributed by atoms with Crippen molar-refractivity contribution in [1.82, 2.24) is 4.90 Å². The van der Waals surface area contributed by atoms with Gasteiger partial charge in [0.25, 0.3) is 11.6 Å². The number of hydrogen-bond acceptors (Lipinski definition) is 6. The number of nitro benzene ring substituents is 1. The van der Waals surface area contributed by atoms with Crippen LogP contribution in [0.2, 0.25) is 0 Å². The van der Waals surface area contributed by atoms with Gasteiger partial charge in [-0.25, -0.2) is 0 Å². The van der Waals surface area contributed by atoms with Gasteiger partial charge in [-0.15, -0.1) is 0 Å². The number of nitrogens with one attached hydrogen (secondary N) is 1. The summed E-state index contributed by atoms with van der Waals surface area (Å²) in [5, 5.41) is 14.4. The lowest BCUT2D eigenvalue weighted by molar-refractivity contribution is -0.384. The van der Waals surface area contributed by atoms with E-state index in [0.717, 1.165) is 30.6 Å². The van der Waals surface area contributed by atoms with Crippen LogP contribution in [0.1, 0.15) is 48.1 Å². The van der Waals surface area contributed by atoms with Crippen molar-refractivity contribution in [2.45, 2.75) is 32.2 Å². The van der Waals surface area contributed by atoms with Gasteiger partial charge in [0.05, 0.1) is 24.2 Å². The Bertz CT molecular complexity index is 962. The Kier molecular flexibility index (Phi) is 5.74. The number of hydrogen-bond donors (Lipinski definition) is 1. The van der Waals surface area contributed by atoms with Crippen LogP contribution in [0.15, 0.2) is 36.4 Å². The predicted molar refractivity (Wildman–Crippen MR) is 112 cm³/mol. The van der Waals surface area contributed by atoms with E-state index >= 15 is 0 Å². The summed E-state index contributed by atoms with van der Waals surface area (Å²) in [7, 11) is 0. The summed E-state index contributed by atoms with van der Waals surface area (Å²) in [6.45, 7) is 4.27. The summed E-state index contributed by atoms with van der Waals surface area (Å²) in [4.78, 5) is 26.0. The molecule has 2 aliphatic rings. The van der Waals surface area contributed by atoms with E-state index in [2.05, 4.69) is 5.32 Å². The zero-order valence-corrected chi connectivity index (χ0v) is 16.9. The highest BCUT2D eigenvalue weighted by molar-refractivity contribution is 5.96. The van der Waals surface area contributed by atoms with E-state index in [1.165, 1.54) is 6.07 Å². The number of ether oxygens (including phenoxy) is 2. The van der Waals surface area contributed by atoms with Gasteiger partial charge in [-0.3, -0.25) is 14.9 Å². The average molecular weight is 411 g/mol. The minimum absolute atomic E-state index is 0.0889. The Labute approximate surface area is 174 Å². The molecule has 0 spiro atoms. The molecular weight excluding hydrogens is 386 g/mol. The SMILES string of the molecule is CCNc1ccc(C(=O)N2CCC[C@H]2c2ccc3c(c2)OCCCO3)cc1[N+](=O)[O-]. The van der Waals surface area contributed by atoms with E-state index in [4.69, 9.17) is 9.47 Å². The van der Waals surface area contributed by atoms with Crippen molar-refractivity contribution in [3.63, 3.8) is 0 Å². The first kappa shape index (κ1) is 20.0.